The first-order valence-corrected chi connectivity index (χ1v) is 7.52. The molecule has 118 valence electrons. The summed E-state index contributed by atoms with van der Waals surface area (Å²) in [4.78, 5) is 10.6. The van der Waals surface area contributed by atoms with Gasteiger partial charge < -0.3 is 20.2 Å². The highest BCUT2D eigenvalue weighted by Crippen LogP contribution is 2.31. The Morgan fingerprint density at radius 2 is 2.14 bits per heavy atom. The van der Waals surface area contributed by atoms with Crippen molar-refractivity contribution < 1.29 is 9.15 Å². The van der Waals surface area contributed by atoms with Crippen LogP contribution in [0, 0.1) is 0 Å². The van der Waals surface area contributed by atoms with Crippen molar-refractivity contribution in [2.45, 2.75) is 0 Å². The minimum absolute atomic E-state index is 0.157. The van der Waals surface area contributed by atoms with E-state index < -0.39 is 0 Å². The van der Waals surface area contributed by atoms with E-state index in [1.54, 1.807) is 18.4 Å². The van der Waals surface area contributed by atoms with Crippen molar-refractivity contribution in [3.8, 4) is 11.5 Å². The number of aromatic nitrogens is 2. The van der Waals surface area contributed by atoms with Crippen molar-refractivity contribution in [1.82, 2.24) is 14.9 Å². The number of nitrogens with one attached hydrogen (secondary N) is 1. The number of anilines is 2. The lowest BCUT2D eigenvalue weighted by Crippen LogP contribution is -2.39. The molecule has 0 bridgehead atoms. The zero-order chi connectivity index (χ0) is 15.4. The van der Waals surface area contributed by atoms with Gasteiger partial charge in [-0.05, 0) is 12.1 Å². The Hall–Kier alpha value is -1.83. The van der Waals surface area contributed by atoms with E-state index in [1.165, 1.54) is 0 Å². The van der Waals surface area contributed by atoms with Gasteiger partial charge in [-0.25, -0.2) is 4.98 Å². The number of nitrogens with zero attached hydrogens (tertiary/aromatic N) is 3. The lowest BCUT2D eigenvalue weighted by Gasteiger charge is -2.26. The lowest BCUT2D eigenvalue weighted by atomic mass is 10.3. The van der Waals surface area contributed by atoms with E-state index in [0.717, 1.165) is 32.8 Å². The number of furan rings is 1. The molecule has 1 aliphatic heterocycles. The van der Waals surface area contributed by atoms with Crippen LogP contribution >= 0.6 is 11.6 Å². The largest absolute Gasteiger partial charge is 0.463 e. The molecule has 3 rings (SSSR count). The Labute approximate surface area is 133 Å². The summed E-state index contributed by atoms with van der Waals surface area (Å²) in [7, 11) is 0. The molecule has 3 heterocycles. The predicted molar refractivity (Wildman–Crippen MR) is 84.9 cm³/mol. The van der Waals surface area contributed by atoms with Crippen molar-refractivity contribution in [2.75, 3.05) is 50.4 Å². The molecule has 0 atom stereocenters. The van der Waals surface area contributed by atoms with Crippen LogP contribution in [0.4, 0.5) is 11.8 Å². The Morgan fingerprint density at radius 1 is 1.32 bits per heavy atom. The molecule has 2 aromatic heterocycles. The molecular formula is C14H18ClN5O2. The van der Waals surface area contributed by atoms with Gasteiger partial charge in [0.2, 0.25) is 5.95 Å². The number of nitrogen functional groups attached to an aromatic ring is 1. The third kappa shape index (κ3) is 3.49. The molecule has 0 aromatic carbocycles. The summed E-state index contributed by atoms with van der Waals surface area (Å²) in [6.07, 6.45) is 1.56. The van der Waals surface area contributed by atoms with E-state index in [1.807, 2.05) is 0 Å². The van der Waals surface area contributed by atoms with Gasteiger partial charge >= 0.3 is 0 Å². The second-order valence-electron chi connectivity index (χ2n) is 4.95. The van der Waals surface area contributed by atoms with Crippen LogP contribution in [-0.2, 0) is 4.74 Å². The van der Waals surface area contributed by atoms with Gasteiger partial charge in [0.05, 0.1) is 19.5 Å². The van der Waals surface area contributed by atoms with Crippen molar-refractivity contribution in [3.63, 3.8) is 0 Å². The molecule has 1 aliphatic rings. The fourth-order valence-electron chi connectivity index (χ4n) is 2.32. The second-order valence-corrected chi connectivity index (χ2v) is 5.33. The molecule has 1 fully saturated rings. The molecule has 0 radical (unpaired) electrons. The van der Waals surface area contributed by atoms with Gasteiger partial charge in [0.25, 0.3) is 0 Å². The van der Waals surface area contributed by atoms with Crippen LogP contribution < -0.4 is 11.1 Å². The normalized spacial score (nSPS) is 15.9. The average molecular weight is 324 g/mol. The molecule has 3 N–H and O–H groups in total. The minimum atomic E-state index is 0.157. The van der Waals surface area contributed by atoms with Gasteiger partial charge in [-0.2, -0.15) is 4.98 Å². The summed E-state index contributed by atoms with van der Waals surface area (Å²) >= 11 is 6.36. The monoisotopic (exact) mass is 323 g/mol. The predicted octanol–water partition coefficient (Wildman–Crippen LogP) is 1.72. The summed E-state index contributed by atoms with van der Waals surface area (Å²) < 4.78 is 10.7. The van der Waals surface area contributed by atoms with E-state index in [9.17, 15) is 0 Å². The molecule has 2 aromatic rings. The average Bonchev–Trinajstić information content (AvgIpc) is 3.05. The molecule has 7 nitrogen and oxygen atoms in total. The second kappa shape index (κ2) is 6.95. The maximum absolute atomic E-state index is 6.36. The Bertz CT molecular complexity index is 614. The van der Waals surface area contributed by atoms with E-state index in [0.29, 0.717) is 28.8 Å². The SMILES string of the molecule is Nc1nc(NCCN2CCOCC2)c(Cl)c(-c2ccco2)n1. The van der Waals surface area contributed by atoms with Crippen LogP contribution in [0.15, 0.2) is 22.8 Å². The molecule has 22 heavy (non-hydrogen) atoms. The van der Waals surface area contributed by atoms with Crippen LogP contribution in [-0.4, -0.2) is 54.3 Å². The van der Waals surface area contributed by atoms with Gasteiger partial charge in [-0.3, -0.25) is 4.90 Å². The van der Waals surface area contributed by atoms with Crippen molar-refractivity contribution in [3.05, 3.63) is 23.4 Å². The molecule has 8 heteroatoms. The smallest absolute Gasteiger partial charge is 0.222 e. The number of morpholine rings is 1. The summed E-state index contributed by atoms with van der Waals surface area (Å²) in [6.45, 7) is 5.05. The fourth-order valence-corrected chi connectivity index (χ4v) is 2.56. The summed E-state index contributed by atoms with van der Waals surface area (Å²) in [5.41, 5.74) is 6.25. The molecule has 1 saturated heterocycles. The van der Waals surface area contributed by atoms with Gasteiger partial charge in [0.1, 0.15) is 10.7 Å². The number of rotatable bonds is 5. The van der Waals surface area contributed by atoms with Crippen LogP contribution in [0.1, 0.15) is 0 Å². The van der Waals surface area contributed by atoms with E-state index >= 15 is 0 Å². The third-order valence-electron chi connectivity index (χ3n) is 3.45. The van der Waals surface area contributed by atoms with Crippen molar-refractivity contribution in [2.24, 2.45) is 0 Å². The topological polar surface area (TPSA) is 89.4 Å². The van der Waals surface area contributed by atoms with Gasteiger partial charge in [0, 0.05) is 26.2 Å². The number of hydrogen-bond donors (Lipinski definition) is 2. The zero-order valence-electron chi connectivity index (χ0n) is 12.1. The number of hydrogen-bond acceptors (Lipinski definition) is 7. The van der Waals surface area contributed by atoms with Crippen LogP contribution in [0.2, 0.25) is 5.02 Å². The van der Waals surface area contributed by atoms with Crippen LogP contribution in [0.5, 0.6) is 0 Å². The maximum atomic E-state index is 6.36. The maximum Gasteiger partial charge on any atom is 0.222 e. The van der Waals surface area contributed by atoms with Gasteiger partial charge in [-0.1, -0.05) is 11.6 Å². The first kappa shape index (κ1) is 15.1. The summed E-state index contributed by atoms with van der Waals surface area (Å²) in [6, 6.07) is 3.56. The highest BCUT2D eigenvalue weighted by atomic mass is 35.5. The molecule has 0 saturated carbocycles. The number of nitrogens with two attached hydrogens (primary N) is 1. The van der Waals surface area contributed by atoms with Crippen LogP contribution in [0.25, 0.3) is 11.5 Å². The quantitative estimate of drug-likeness (QED) is 0.865. The molecule has 0 spiro atoms. The van der Waals surface area contributed by atoms with Crippen LogP contribution in [0.3, 0.4) is 0 Å². The van der Waals surface area contributed by atoms with Gasteiger partial charge in [0.15, 0.2) is 11.6 Å². The van der Waals surface area contributed by atoms with E-state index in [-0.39, 0.29) is 5.95 Å². The molecular weight excluding hydrogens is 306 g/mol. The number of ether oxygens (including phenoxy) is 1. The fraction of sp³-hybridized carbons (Fsp3) is 0.429. The first-order chi connectivity index (χ1) is 10.7. The zero-order valence-corrected chi connectivity index (χ0v) is 12.8. The Kier molecular flexibility index (Phi) is 4.77. The Balaban J connectivity index is 1.68. The lowest BCUT2D eigenvalue weighted by molar-refractivity contribution is 0.0398. The Morgan fingerprint density at radius 3 is 2.86 bits per heavy atom. The van der Waals surface area contributed by atoms with Crippen molar-refractivity contribution in [1.29, 1.82) is 0 Å². The highest BCUT2D eigenvalue weighted by Gasteiger charge is 2.16. The van der Waals surface area contributed by atoms with Gasteiger partial charge in [-0.15, -0.1) is 0 Å². The standard InChI is InChI=1S/C14H18ClN5O2/c15-11-12(10-2-1-7-22-10)18-14(16)19-13(11)17-3-4-20-5-8-21-9-6-20/h1-2,7H,3-6,8-9H2,(H3,16,17,18,19). The summed E-state index contributed by atoms with van der Waals surface area (Å²) in [5, 5.41) is 3.62. The van der Waals surface area contributed by atoms with Crippen molar-refractivity contribution >= 4 is 23.4 Å². The summed E-state index contributed by atoms with van der Waals surface area (Å²) in [5.74, 6) is 1.24. The highest BCUT2D eigenvalue weighted by molar-refractivity contribution is 6.35. The molecule has 0 aliphatic carbocycles. The molecule has 0 amide bonds. The van der Waals surface area contributed by atoms with E-state index in [4.69, 9.17) is 26.5 Å². The third-order valence-corrected chi connectivity index (χ3v) is 3.81. The van der Waals surface area contributed by atoms with E-state index in [2.05, 4.69) is 20.2 Å². The number of halogens is 1. The first-order valence-electron chi connectivity index (χ1n) is 7.15. The molecule has 0 unspecified atom stereocenters. The minimum Gasteiger partial charge on any atom is -0.463 e.